The van der Waals surface area contributed by atoms with Gasteiger partial charge in [0.25, 0.3) is 0 Å². The van der Waals surface area contributed by atoms with E-state index in [-0.39, 0.29) is 27.2 Å². The molecule has 3 nitrogen and oxygen atoms in total. The number of ether oxygens (including phenoxy) is 1. The van der Waals surface area contributed by atoms with E-state index in [9.17, 15) is 0 Å². The third-order valence-corrected chi connectivity index (χ3v) is 11.9. The van der Waals surface area contributed by atoms with Crippen molar-refractivity contribution in [1.29, 1.82) is 0 Å². The second-order valence-electron chi connectivity index (χ2n) is 12.6. The molecular weight excluding hydrogens is 734 g/mol. The summed E-state index contributed by atoms with van der Waals surface area (Å²) in [6.45, 7) is 9.60. The molecule has 0 fully saturated rings. The van der Waals surface area contributed by atoms with Gasteiger partial charge in [-0.2, -0.15) is 0 Å². The van der Waals surface area contributed by atoms with Crippen LogP contribution in [0, 0.1) is 0 Å². The average Bonchev–Trinajstić information content (AvgIpc) is 3.09. The predicted octanol–water partition coefficient (Wildman–Crippen LogP) is 9.20. The first-order valence-electron chi connectivity index (χ1n) is 16.3. The van der Waals surface area contributed by atoms with Gasteiger partial charge in [0.2, 0.25) is 0 Å². The normalized spacial score (nSPS) is 15.0. The van der Waals surface area contributed by atoms with Crippen molar-refractivity contribution in [3.63, 3.8) is 0 Å². The van der Waals surface area contributed by atoms with Gasteiger partial charge in [0.15, 0.2) is 11.5 Å². The molecule has 46 heavy (non-hydrogen) atoms. The zero-order valence-corrected chi connectivity index (χ0v) is 32.8. The van der Waals surface area contributed by atoms with Crippen molar-refractivity contribution in [2.24, 2.45) is 11.5 Å². The van der Waals surface area contributed by atoms with Gasteiger partial charge in [-0.3, -0.25) is 0 Å². The van der Waals surface area contributed by atoms with E-state index in [0.717, 1.165) is 11.1 Å². The Bertz CT molecular complexity index is 1410. The number of benzene rings is 4. The number of nitrogens with two attached hydrogens (primary N) is 2. The van der Waals surface area contributed by atoms with Crippen LogP contribution in [0.1, 0.15) is 71.1 Å². The third-order valence-electron chi connectivity index (χ3n) is 9.00. The monoisotopic (exact) mass is 784 g/mol. The number of aryl methyl sites for hydroxylation is 2. The van der Waals surface area contributed by atoms with Gasteiger partial charge in [0.05, 0.1) is 26.7 Å². The summed E-state index contributed by atoms with van der Waals surface area (Å²) in [5, 5.41) is 2.97. The molecule has 2 atom stereocenters. The first-order chi connectivity index (χ1) is 22.3. The van der Waals surface area contributed by atoms with Crippen molar-refractivity contribution in [2.45, 2.75) is 63.5 Å². The molecule has 2 unspecified atom stereocenters. The van der Waals surface area contributed by atoms with Crippen molar-refractivity contribution in [3.8, 4) is 11.5 Å². The summed E-state index contributed by atoms with van der Waals surface area (Å²) in [6.07, 6.45) is 10.1. The van der Waals surface area contributed by atoms with Crippen molar-refractivity contribution >= 4 is 45.8 Å². The van der Waals surface area contributed by atoms with E-state index in [0.29, 0.717) is 0 Å². The summed E-state index contributed by atoms with van der Waals surface area (Å²) in [6, 6.07) is 29.1. The molecule has 0 bridgehead atoms. The topological polar surface area (TPSA) is 61.3 Å². The van der Waals surface area contributed by atoms with Crippen LogP contribution in [-0.4, -0.2) is 26.7 Å². The van der Waals surface area contributed by atoms with Gasteiger partial charge in [0.1, 0.15) is 10.6 Å². The average molecular weight is 785 g/mol. The number of halogens is 2. The minimum atomic E-state index is -0.563. The van der Waals surface area contributed by atoms with Crippen LogP contribution in [0.2, 0.25) is 0 Å². The van der Waals surface area contributed by atoms with E-state index in [1.165, 1.54) is 95.7 Å². The Hall–Kier alpha value is -1.34. The fourth-order valence-corrected chi connectivity index (χ4v) is 8.62. The standard InChI is InChI=1S/C24H32OP2.C14H16N2.2ClH.Ru/c1-26(2)21-15-13-17-9-5-7-11-19(17)23(21)25-24-20-12-8-6-10-18(20)14-16-22(24)27(3)4;15-13(11-7-3-1-4-8-11)14(16)12-9-5-2-6-10-12;;;/h13-16H,5-12H2,1-4H3;1-10,13-14H,15-16H2;2*1H;/q;;;;+4. The van der Waals surface area contributed by atoms with Crippen molar-refractivity contribution in [3.05, 3.63) is 118 Å². The molecule has 246 valence electrons. The Morgan fingerprint density at radius 1 is 0.565 bits per heavy atom. The van der Waals surface area contributed by atoms with Crippen LogP contribution in [-0.2, 0) is 40.8 Å². The molecule has 0 amide bonds. The van der Waals surface area contributed by atoms with E-state index >= 15 is 0 Å². The molecule has 8 heteroatoms. The van der Waals surface area contributed by atoms with Crippen LogP contribution < -0.4 is 26.8 Å². The number of hydrogen-bond donors (Lipinski definition) is 2. The predicted molar refractivity (Wildman–Crippen MR) is 204 cm³/mol. The van der Waals surface area contributed by atoms with E-state index in [4.69, 9.17) is 35.6 Å². The second kappa shape index (κ2) is 19.0. The van der Waals surface area contributed by atoms with Crippen molar-refractivity contribution < 1.29 is 19.9 Å². The van der Waals surface area contributed by atoms with Crippen LogP contribution in [0.15, 0.2) is 84.9 Å². The second-order valence-corrected chi connectivity index (χ2v) is 20.3. The van der Waals surface area contributed by atoms with Crippen LogP contribution in [0.5, 0.6) is 11.5 Å². The first-order valence-corrected chi connectivity index (χ1v) is 25.8. The third kappa shape index (κ3) is 9.86. The number of rotatable bonds is 7. The van der Waals surface area contributed by atoms with E-state index < -0.39 is 15.8 Å². The summed E-state index contributed by atoms with van der Waals surface area (Å²) < 4.78 is 7.01. The molecule has 0 saturated carbocycles. The van der Waals surface area contributed by atoms with Gasteiger partial charge in [-0.1, -0.05) is 72.8 Å². The molecule has 0 aromatic heterocycles. The Labute approximate surface area is 295 Å². The van der Waals surface area contributed by atoms with E-state index in [1.807, 2.05) is 60.7 Å². The zero-order chi connectivity index (χ0) is 33.1. The maximum absolute atomic E-state index is 7.01. The van der Waals surface area contributed by atoms with Crippen LogP contribution in [0.3, 0.4) is 0 Å². The van der Waals surface area contributed by atoms with Gasteiger partial charge in [-0.05, 0) is 85.8 Å². The summed E-state index contributed by atoms with van der Waals surface area (Å²) in [4.78, 5) is 0. The Morgan fingerprint density at radius 2 is 0.913 bits per heavy atom. The van der Waals surface area contributed by atoms with E-state index in [1.54, 1.807) is 0 Å². The molecule has 0 spiro atoms. The molecule has 0 saturated heterocycles. The van der Waals surface area contributed by atoms with Gasteiger partial charge in [-0.15, -0.1) is 0 Å². The molecular formula is C38H50Cl2N2OP2Ru+4. The SMILES string of the molecule is C[PH+](C)c1ccc2c(c1Oc1c([PH+](C)C)ccc3c1CCCC3)CCCC2.NC(c1ccccc1)C(N)c1ccccc1.[Cl][Ru+2][Cl]. The van der Waals surface area contributed by atoms with E-state index in [2.05, 4.69) is 50.9 Å². The maximum atomic E-state index is 7.01. The fourth-order valence-electron chi connectivity index (χ4n) is 6.48. The molecule has 6 rings (SSSR count). The fraction of sp³-hybridized carbons (Fsp3) is 0.368. The Morgan fingerprint density at radius 3 is 1.26 bits per heavy atom. The molecule has 0 radical (unpaired) electrons. The molecule has 4 aromatic carbocycles. The van der Waals surface area contributed by atoms with Gasteiger partial charge >= 0.3 is 34.5 Å². The number of fused-ring (bicyclic) bond motifs is 2. The number of hydrogen-bond acceptors (Lipinski definition) is 3. The zero-order valence-electron chi connectivity index (χ0n) is 27.6. The van der Waals surface area contributed by atoms with Gasteiger partial charge in [-0.25, -0.2) is 0 Å². The summed E-state index contributed by atoms with van der Waals surface area (Å²) in [5.41, 5.74) is 20.5. The Balaban J connectivity index is 0.000000215. The molecule has 0 heterocycles. The summed E-state index contributed by atoms with van der Waals surface area (Å²) in [5.74, 6) is 2.49. The Kier molecular flexibility index (Phi) is 15.5. The molecule has 2 aliphatic rings. The van der Waals surface area contributed by atoms with Gasteiger partial charge < -0.3 is 16.2 Å². The summed E-state index contributed by atoms with van der Waals surface area (Å²) in [7, 11) is 8.58. The molecule has 0 aliphatic heterocycles. The van der Waals surface area contributed by atoms with Crippen molar-refractivity contribution in [1.82, 2.24) is 0 Å². The molecule has 4 aromatic rings. The van der Waals surface area contributed by atoms with Gasteiger partial charge in [0, 0.05) is 39.1 Å². The first kappa shape index (κ1) is 37.5. The van der Waals surface area contributed by atoms with Crippen LogP contribution in [0.25, 0.3) is 0 Å². The molecule has 4 N–H and O–H groups in total. The molecule has 2 aliphatic carbocycles. The quantitative estimate of drug-likeness (QED) is 0.145. The van der Waals surface area contributed by atoms with Crippen LogP contribution >= 0.6 is 35.2 Å². The summed E-state index contributed by atoms with van der Waals surface area (Å²) >= 11 is -0.346. The minimum absolute atomic E-state index is 0.163. The van der Waals surface area contributed by atoms with Crippen molar-refractivity contribution in [2.75, 3.05) is 26.7 Å². The van der Waals surface area contributed by atoms with Crippen LogP contribution in [0.4, 0.5) is 0 Å².